The van der Waals surface area contributed by atoms with Crippen molar-refractivity contribution in [3.05, 3.63) is 53.7 Å². The maximum atomic E-state index is 12.8. The molecule has 0 unspecified atom stereocenters. The molecule has 1 heterocycles. The molecule has 0 bridgehead atoms. The van der Waals surface area contributed by atoms with Crippen LogP contribution in [0, 0.1) is 0 Å². The molecule has 0 aliphatic heterocycles. The number of anilines is 2. The van der Waals surface area contributed by atoms with Crippen molar-refractivity contribution >= 4 is 28.7 Å². The number of alkyl halides is 3. The smallest absolute Gasteiger partial charge is 0.389 e. The van der Waals surface area contributed by atoms with Crippen LogP contribution < -0.4 is 10.6 Å². The summed E-state index contributed by atoms with van der Waals surface area (Å²) in [5.74, 6) is 0.0727. The van der Waals surface area contributed by atoms with Crippen molar-refractivity contribution in [3.8, 4) is 0 Å². The molecule has 0 atom stereocenters. The summed E-state index contributed by atoms with van der Waals surface area (Å²) < 4.78 is 38.5. The molecule has 110 valence electrons. The summed E-state index contributed by atoms with van der Waals surface area (Å²) in [5, 5.41) is 0. The molecule has 0 fully saturated rings. The molecular weight excluding hydrogens is 299 g/mol. The molecule has 3 nitrogen and oxygen atoms in total. The number of benzene rings is 1. The Morgan fingerprint density at radius 1 is 1.14 bits per heavy atom. The minimum atomic E-state index is -4.53. The summed E-state index contributed by atoms with van der Waals surface area (Å²) in [6, 6.07) is 11.0. The van der Waals surface area contributed by atoms with Gasteiger partial charge in [0.05, 0.1) is 5.56 Å². The predicted molar refractivity (Wildman–Crippen MR) is 79.6 cm³/mol. The monoisotopic (exact) mass is 311 g/mol. The highest BCUT2D eigenvalue weighted by Gasteiger charge is 2.33. The Morgan fingerprint density at radius 3 is 2.29 bits per heavy atom. The SMILES string of the molecule is CN(c1ccccc1)c1nc(C(F)(F)F)ccc1C(N)=S. The number of aromatic nitrogens is 1. The standard InChI is InChI=1S/C14H12F3N3S/c1-20(9-5-3-2-4-6-9)13-10(12(18)21)7-8-11(19-13)14(15,16)17/h2-8H,1H3,(H2,18,21). The fourth-order valence-electron chi connectivity index (χ4n) is 1.83. The van der Waals surface area contributed by atoms with E-state index in [-0.39, 0.29) is 10.8 Å². The Hall–Kier alpha value is -2.15. The zero-order valence-corrected chi connectivity index (χ0v) is 11.9. The van der Waals surface area contributed by atoms with Crippen LogP contribution in [-0.2, 0) is 6.18 Å². The molecule has 0 amide bonds. The van der Waals surface area contributed by atoms with Crippen LogP contribution in [0.3, 0.4) is 0 Å². The van der Waals surface area contributed by atoms with Crippen molar-refractivity contribution in [2.45, 2.75) is 6.18 Å². The Kier molecular flexibility index (Phi) is 4.13. The first-order chi connectivity index (χ1) is 9.80. The van der Waals surface area contributed by atoms with Gasteiger partial charge >= 0.3 is 6.18 Å². The van der Waals surface area contributed by atoms with Gasteiger partial charge in [0.15, 0.2) is 0 Å². The largest absolute Gasteiger partial charge is 0.433 e. The van der Waals surface area contributed by atoms with E-state index >= 15 is 0 Å². The highest BCUT2D eigenvalue weighted by Crippen LogP contribution is 2.32. The van der Waals surface area contributed by atoms with Gasteiger partial charge in [0.2, 0.25) is 0 Å². The number of hydrogen-bond donors (Lipinski definition) is 1. The average molecular weight is 311 g/mol. The van der Waals surface area contributed by atoms with Gasteiger partial charge in [0, 0.05) is 12.7 Å². The Morgan fingerprint density at radius 2 is 1.76 bits per heavy atom. The van der Waals surface area contributed by atoms with Crippen LogP contribution in [-0.4, -0.2) is 17.0 Å². The first kappa shape index (κ1) is 15.2. The van der Waals surface area contributed by atoms with Gasteiger partial charge in [0.1, 0.15) is 16.5 Å². The van der Waals surface area contributed by atoms with E-state index in [0.717, 1.165) is 6.07 Å². The number of hydrogen-bond acceptors (Lipinski definition) is 3. The van der Waals surface area contributed by atoms with Gasteiger partial charge in [-0.15, -0.1) is 0 Å². The molecule has 0 saturated heterocycles. The Bertz CT molecular complexity index is 656. The molecule has 0 radical (unpaired) electrons. The van der Waals surface area contributed by atoms with Crippen LogP contribution in [0.2, 0.25) is 0 Å². The molecule has 1 aromatic heterocycles. The summed E-state index contributed by atoms with van der Waals surface area (Å²) in [7, 11) is 1.61. The Labute approximate surface area is 125 Å². The lowest BCUT2D eigenvalue weighted by molar-refractivity contribution is -0.141. The number of thiocarbonyl (C=S) groups is 1. The van der Waals surface area contributed by atoms with Crippen LogP contribution in [0.1, 0.15) is 11.3 Å². The van der Waals surface area contributed by atoms with Crippen molar-refractivity contribution in [2.75, 3.05) is 11.9 Å². The second kappa shape index (κ2) is 5.69. The molecule has 21 heavy (non-hydrogen) atoms. The van der Waals surface area contributed by atoms with E-state index in [9.17, 15) is 13.2 Å². The van der Waals surface area contributed by atoms with E-state index in [1.165, 1.54) is 11.0 Å². The molecule has 0 spiro atoms. The van der Waals surface area contributed by atoms with Crippen LogP contribution in [0.5, 0.6) is 0 Å². The minimum absolute atomic E-state index is 0.00555. The number of halogens is 3. The van der Waals surface area contributed by atoms with Crippen molar-refractivity contribution in [3.63, 3.8) is 0 Å². The summed E-state index contributed by atoms with van der Waals surface area (Å²) in [6.45, 7) is 0. The van der Waals surface area contributed by atoms with Gasteiger partial charge < -0.3 is 10.6 Å². The first-order valence-corrected chi connectivity index (χ1v) is 6.38. The van der Waals surface area contributed by atoms with Crippen LogP contribution >= 0.6 is 12.2 Å². The van der Waals surface area contributed by atoms with E-state index in [1.807, 2.05) is 6.07 Å². The zero-order chi connectivity index (χ0) is 15.6. The quantitative estimate of drug-likeness (QED) is 0.881. The lowest BCUT2D eigenvalue weighted by Gasteiger charge is -2.22. The number of rotatable bonds is 3. The number of nitrogens with zero attached hydrogens (tertiary/aromatic N) is 2. The van der Waals surface area contributed by atoms with Crippen molar-refractivity contribution in [1.82, 2.24) is 4.98 Å². The maximum Gasteiger partial charge on any atom is 0.433 e. The molecule has 1 aromatic carbocycles. The van der Waals surface area contributed by atoms with Crippen LogP contribution in [0.15, 0.2) is 42.5 Å². The fourth-order valence-corrected chi connectivity index (χ4v) is 1.99. The molecule has 0 saturated carbocycles. The zero-order valence-electron chi connectivity index (χ0n) is 11.1. The van der Waals surface area contributed by atoms with Crippen LogP contribution in [0.4, 0.5) is 24.7 Å². The normalized spacial score (nSPS) is 11.2. The second-order valence-corrected chi connectivity index (χ2v) is 4.76. The van der Waals surface area contributed by atoms with Gasteiger partial charge in [0.25, 0.3) is 0 Å². The van der Waals surface area contributed by atoms with Gasteiger partial charge in [-0.2, -0.15) is 13.2 Å². The van der Waals surface area contributed by atoms with Gasteiger partial charge in [-0.05, 0) is 24.3 Å². The Balaban J connectivity index is 2.56. The molecule has 2 N–H and O–H groups in total. The second-order valence-electron chi connectivity index (χ2n) is 4.32. The third kappa shape index (κ3) is 3.30. The summed E-state index contributed by atoms with van der Waals surface area (Å²) in [6.07, 6.45) is -4.53. The molecule has 2 aromatic rings. The summed E-state index contributed by atoms with van der Waals surface area (Å²) >= 11 is 4.89. The summed E-state index contributed by atoms with van der Waals surface area (Å²) in [5.41, 5.74) is 5.57. The molecule has 0 aliphatic carbocycles. The molecule has 0 aliphatic rings. The van der Waals surface area contributed by atoms with E-state index in [0.29, 0.717) is 11.3 Å². The van der Waals surface area contributed by atoms with Gasteiger partial charge in [-0.1, -0.05) is 30.4 Å². The number of nitrogens with two attached hydrogens (primary N) is 1. The molecule has 7 heteroatoms. The lowest BCUT2D eigenvalue weighted by atomic mass is 10.2. The third-order valence-corrected chi connectivity index (χ3v) is 3.11. The first-order valence-electron chi connectivity index (χ1n) is 5.97. The van der Waals surface area contributed by atoms with Crippen molar-refractivity contribution in [2.24, 2.45) is 5.73 Å². The third-order valence-electron chi connectivity index (χ3n) is 2.89. The van der Waals surface area contributed by atoms with E-state index < -0.39 is 11.9 Å². The van der Waals surface area contributed by atoms with Crippen molar-refractivity contribution in [1.29, 1.82) is 0 Å². The molecular formula is C14H12F3N3S. The minimum Gasteiger partial charge on any atom is -0.389 e. The van der Waals surface area contributed by atoms with E-state index in [4.69, 9.17) is 18.0 Å². The van der Waals surface area contributed by atoms with E-state index in [1.54, 1.807) is 31.3 Å². The molecule has 2 rings (SSSR count). The fraction of sp³-hybridized carbons (Fsp3) is 0.143. The average Bonchev–Trinajstić information content (AvgIpc) is 2.45. The topological polar surface area (TPSA) is 42.2 Å². The van der Waals surface area contributed by atoms with Gasteiger partial charge in [-0.3, -0.25) is 0 Å². The van der Waals surface area contributed by atoms with Crippen LogP contribution in [0.25, 0.3) is 0 Å². The van der Waals surface area contributed by atoms with Crippen molar-refractivity contribution < 1.29 is 13.2 Å². The highest BCUT2D eigenvalue weighted by atomic mass is 32.1. The predicted octanol–water partition coefficient (Wildman–Crippen LogP) is 3.50. The summed E-state index contributed by atoms with van der Waals surface area (Å²) in [4.78, 5) is 5.19. The van der Waals surface area contributed by atoms with E-state index in [2.05, 4.69) is 4.98 Å². The maximum absolute atomic E-state index is 12.8. The lowest BCUT2D eigenvalue weighted by Crippen LogP contribution is -2.21. The van der Waals surface area contributed by atoms with Gasteiger partial charge in [-0.25, -0.2) is 4.98 Å². The number of pyridine rings is 1. The number of para-hydroxylation sites is 1. The highest BCUT2D eigenvalue weighted by molar-refractivity contribution is 7.80.